The molecule has 1 unspecified atom stereocenters. The molecule has 1 saturated heterocycles. The lowest BCUT2D eigenvalue weighted by atomic mass is 10.00. The number of allylic oxidation sites excluding steroid dienone is 1. The molecule has 2 aliphatic rings. The molecule has 4 rings (SSSR count). The number of aromatic nitrogens is 2. The van der Waals surface area contributed by atoms with E-state index in [1.807, 2.05) is 13.8 Å². The summed E-state index contributed by atoms with van der Waals surface area (Å²) >= 11 is 0. The summed E-state index contributed by atoms with van der Waals surface area (Å²) in [5.74, 6) is 0.318. The van der Waals surface area contributed by atoms with Crippen molar-refractivity contribution in [1.29, 1.82) is 0 Å². The summed E-state index contributed by atoms with van der Waals surface area (Å²) in [5.41, 5.74) is 2.18. The van der Waals surface area contributed by atoms with Crippen LogP contribution in [-0.4, -0.2) is 38.9 Å². The topological polar surface area (TPSA) is 84.1 Å². The van der Waals surface area contributed by atoms with Gasteiger partial charge in [0.25, 0.3) is 5.91 Å². The number of ether oxygens (including phenoxy) is 1. The van der Waals surface area contributed by atoms with Gasteiger partial charge in [0.15, 0.2) is 5.82 Å². The van der Waals surface area contributed by atoms with Crippen LogP contribution in [0.25, 0.3) is 0 Å². The van der Waals surface area contributed by atoms with E-state index >= 15 is 0 Å². The second-order valence-electron chi connectivity index (χ2n) is 7.39. The standard InChI is InChI=1S/C21H22FN5O3/c1-4-27-19(13(2)3)21(28)26(12-23-27)10-18-24-20(25-30-18)15-9-17(29-11-15)14-5-7-16(22)8-6-14/h4-8,12,15,17H,1,9-11H2,2-3H3/t15?,17-/m1/s1. The van der Waals surface area contributed by atoms with Crippen LogP contribution in [0.4, 0.5) is 4.39 Å². The first-order valence-corrected chi connectivity index (χ1v) is 9.60. The van der Waals surface area contributed by atoms with Gasteiger partial charge >= 0.3 is 0 Å². The van der Waals surface area contributed by atoms with Crippen molar-refractivity contribution in [2.24, 2.45) is 5.10 Å². The molecule has 30 heavy (non-hydrogen) atoms. The van der Waals surface area contributed by atoms with Crippen LogP contribution in [0.1, 0.15) is 49.6 Å². The van der Waals surface area contributed by atoms with Gasteiger partial charge in [0.1, 0.15) is 24.4 Å². The summed E-state index contributed by atoms with van der Waals surface area (Å²) in [6.45, 7) is 7.92. The molecule has 0 spiro atoms. The summed E-state index contributed by atoms with van der Waals surface area (Å²) in [6.07, 6.45) is 3.43. The molecule has 8 nitrogen and oxygen atoms in total. The third-order valence-electron chi connectivity index (χ3n) is 5.05. The Balaban J connectivity index is 1.44. The molecule has 1 aromatic carbocycles. The Bertz CT molecular complexity index is 1010. The SMILES string of the molecule is C=CN1N=CN(Cc2nc(C3CO[C@@H](c4ccc(F)cc4)C3)no2)C(=O)C1=C(C)C. The second-order valence-corrected chi connectivity index (χ2v) is 7.39. The summed E-state index contributed by atoms with van der Waals surface area (Å²) < 4.78 is 24.3. The Morgan fingerprint density at radius 3 is 2.80 bits per heavy atom. The van der Waals surface area contributed by atoms with Crippen LogP contribution in [0.5, 0.6) is 0 Å². The largest absolute Gasteiger partial charge is 0.373 e. The zero-order chi connectivity index (χ0) is 21.3. The Kier molecular flexibility index (Phi) is 5.45. The van der Waals surface area contributed by atoms with Gasteiger partial charge in [-0.1, -0.05) is 23.9 Å². The van der Waals surface area contributed by atoms with Crippen molar-refractivity contribution < 1.29 is 18.4 Å². The minimum absolute atomic E-state index is 0.0344. The third kappa shape index (κ3) is 3.88. The highest BCUT2D eigenvalue weighted by molar-refractivity contribution is 6.01. The first-order chi connectivity index (χ1) is 14.5. The smallest absolute Gasteiger partial charge is 0.278 e. The lowest BCUT2D eigenvalue weighted by Crippen LogP contribution is -2.39. The number of hydrogen-bond donors (Lipinski definition) is 0. The van der Waals surface area contributed by atoms with Crippen molar-refractivity contribution in [1.82, 2.24) is 20.0 Å². The van der Waals surface area contributed by atoms with Crippen LogP contribution in [0.3, 0.4) is 0 Å². The van der Waals surface area contributed by atoms with E-state index in [0.717, 1.165) is 11.1 Å². The number of rotatable bonds is 5. The predicted molar refractivity (Wildman–Crippen MR) is 106 cm³/mol. The molecule has 0 aliphatic carbocycles. The highest BCUT2D eigenvalue weighted by Crippen LogP contribution is 2.37. The van der Waals surface area contributed by atoms with E-state index in [1.54, 1.807) is 12.1 Å². The fourth-order valence-electron chi connectivity index (χ4n) is 3.52. The van der Waals surface area contributed by atoms with Crippen LogP contribution >= 0.6 is 0 Å². The van der Waals surface area contributed by atoms with Gasteiger partial charge in [-0.25, -0.2) is 9.40 Å². The molecule has 1 amide bonds. The number of nitrogens with zero attached hydrogens (tertiary/aromatic N) is 5. The van der Waals surface area contributed by atoms with E-state index in [9.17, 15) is 9.18 Å². The highest BCUT2D eigenvalue weighted by atomic mass is 19.1. The highest BCUT2D eigenvalue weighted by Gasteiger charge is 2.32. The van der Waals surface area contributed by atoms with E-state index in [-0.39, 0.29) is 30.3 Å². The second kappa shape index (κ2) is 8.19. The Hall–Kier alpha value is -3.33. The van der Waals surface area contributed by atoms with Gasteiger partial charge in [-0.05, 0) is 43.5 Å². The van der Waals surface area contributed by atoms with Gasteiger partial charge in [0.2, 0.25) is 5.89 Å². The van der Waals surface area contributed by atoms with E-state index in [0.29, 0.717) is 30.4 Å². The van der Waals surface area contributed by atoms with Crippen molar-refractivity contribution in [3.05, 3.63) is 71.4 Å². The molecule has 156 valence electrons. The number of amides is 1. The van der Waals surface area contributed by atoms with Crippen LogP contribution in [0, 0.1) is 5.82 Å². The maximum atomic E-state index is 13.1. The van der Waals surface area contributed by atoms with E-state index in [2.05, 4.69) is 21.8 Å². The number of carbonyl (C=O) groups is 1. The summed E-state index contributed by atoms with van der Waals surface area (Å²) in [7, 11) is 0. The first kappa shape index (κ1) is 20.0. The monoisotopic (exact) mass is 411 g/mol. The molecule has 0 saturated carbocycles. The van der Waals surface area contributed by atoms with Gasteiger partial charge in [-0.15, -0.1) is 0 Å². The van der Waals surface area contributed by atoms with Crippen molar-refractivity contribution in [3.8, 4) is 0 Å². The molecular weight excluding hydrogens is 389 g/mol. The number of carbonyl (C=O) groups excluding carboxylic acids is 1. The maximum Gasteiger partial charge on any atom is 0.278 e. The van der Waals surface area contributed by atoms with E-state index in [1.165, 1.54) is 34.6 Å². The van der Waals surface area contributed by atoms with Crippen molar-refractivity contribution in [3.63, 3.8) is 0 Å². The van der Waals surface area contributed by atoms with Crippen molar-refractivity contribution in [2.75, 3.05) is 6.61 Å². The van der Waals surface area contributed by atoms with Crippen LogP contribution in [0.15, 0.2) is 57.9 Å². The fourth-order valence-corrected chi connectivity index (χ4v) is 3.52. The molecule has 3 heterocycles. The Morgan fingerprint density at radius 2 is 2.10 bits per heavy atom. The molecule has 2 aromatic rings. The molecule has 2 atom stereocenters. The summed E-state index contributed by atoms with van der Waals surface area (Å²) in [6, 6.07) is 6.28. The normalized spacial score (nSPS) is 21.4. The molecule has 1 fully saturated rings. The minimum Gasteiger partial charge on any atom is -0.373 e. The van der Waals surface area contributed by atoms with Crippen molar-refractivity contribution in [2.45, 2.75) is 38.8 Å². The number of benzene rings is 1. The molecule has 2 aliphatic heterocycles. The average Bonchev–Trinajstić information content (AvgIpc) is 3.39. The van der Waals surface area contributed by atoms with Crippen LogP contribution < -0.4 is 0 Å². The minimum atomic E-state index is -0.278. The Morgan fingerprint density at radius 1 is 1.33 bits per heavy atom. The zero-order valence-corrected chi connectivity index (χ0v) is 16.8. The molecular formula is C21H22FN5O3. The van der Waals surface area contributed by atoms with Crippen LogP contribution in [0.2, 0.25) is 0 Å². The lowest BCUT2D eigenvalue weighted by Gasteiger charge is -2.28. The van der Waals surface area contributed by atoms with Gasteiger partial charge in [0.05, 0.1) is 12.7 Å². The molecule has 0 bridgehead atoms. The van der Waals surface area contributed by atoms with Crippen LogP contribution in [-0.2, 0) is 16.1 Å². The first-order valence-electron chi connectivity index (χ1n) is 9.60. The molecule has 0 N–H and O–H groups in total. The fraction of sp³-hybridized carbons (Fsp3) is 0.333. The van der Waals surface area contributed by atoms with Gasteiger partial charge < -0.3 is 9.26 Å². The molecule has 0 radical (unpaired) electrons. The van der Waals surface area contributed by atoms with Gasteiger partial charge in [0, 0.05) is 12.1 Å². The average molecular weight is 411 g/mol. The maximum absolute atomic E-state index is 13.1. The number of hydrazone groups is 1. The summed E-state index contributed by atoms with van der Waals surface area (Å²) in [4.78, 5) is 18.6. The van der Waals surface area contributed by atoms with Crippen molar-refractivity contribution >= 4 is 12.2 Å². The molecule has 1 aromatic heterocycles. The lowest BCUT2D eigenvalue weighted by molar-refractivity contribution is -0.126. The quantitative estimate of drug-likeness (QED) is 0.701. The number of halogens is 1. The zero-order valence-electron chi connectivity index (χ0n) is 16.8. The van der Waals surface area contributed by atoms with Gasteiger partial charge in [-0.2, -0.15) is 10.1 Å². The van der Waals surface area contributed by atoms with Gasteiger partial charge in [-0.3, -0.25) is 9.69 Å². The Labute approximate surface area is 173 Å². The van der Waals surface area contributed by atoms with E-state index in [4.69, 9.17) is 9.26 Å². The van der Waals surface area contributed by atoms with E-state index < -0.39 is 0 Å². The third-order valence-corrected chi connectivity index (χ3v) is 5.05. The molecule has 9 heteroatoms. The summed E-state index contributed by atoms with van der Waals surface area (Å²) in [5, 5.41) is 9.73. The number of hydrogen-bond acceptors (Lipinski definition) is 7. The predicted octanol–water partition coefficient (Wildman–Crippen LogP) is 3.48.